The number of hydrogen-bond donors (Lipinski definition) is 1. The highest BCUT2D eigenvalue weighted by atomic mass is 35.5. The van der Waals surface area contributed by atoms with E-state index in [-0.39, 0.29) is 5.82 Å². The van der Waals surface area contributed by atoms with Crippen LogP contribution in [0.4, 0.5) is 10.1 Å². The van der Waals surface area contributed by atoms with Crippen LogP contribution in [0.25, 0.3) is 0 Å². The second-order valence-electron chi connectivity index (χ2n) is 5.56. The molecule has 0 atom stereocenters. The Balaban J connectivity index is 1.98. The third kappa shape index (κ3) is 3.42. The standard InChI is InChI=1S/C19H15ClFN3/c20-15-6-4-13(5-7-15)9-19-18(23)10-17(11-22)24(19)12-14-2-1-3-16(21)8-14/h1-8,10H,9,12,23H2. The van der Waals surface area contributed by atoms with Crippen molar-refractivity contribution in [1.29, 1.82) is 5.26 Å². The third-order valence-corrected chi connectivity index (χ3v) is 4.12. The number of halogens is 2. The van der Waals surface area contributed by atoms with E-state index in [1.807, 2.05) is 34.9 Å². The van der Waals surface area contributed by atoms with E-state index in [1.165, 1.54) is 12.1 Å². The molecule has 0 radical (unpaired) electrons. The molecule has 5 heteroatoms. The monoisotopic (exact) mass is 339 g/mol. The summed E-state index contributed by atoms with van der Waals surface area (Å²) in [5, 5.41) is 10.0. The van der Waals surface area contributed by atoms with E-state index < -0.39 is 0 Å². The SMILES string of the molecule is N#Cc1cc(N)c(Cc2ccc(Cl)cc2)n1Cc1cccc(F)c1. The highest BCUT2D eigenvalue weighted by Crippen LogP contribution is 2.24. The van der Waals surface area contributed by atoms with E-state index in [4.69, 9.17) is 17.3 Å². The van der Waals surface area contributed by atoms with E-state index in [0.29, 0.717) is 29.4 Å². The lowest BCUT2D eigenvalue weighted by molar-refractivity contribution is 0.622. The minimum Gasteiger partial charge on any atom is -0.397 e. The number of aromatic nitrogens is 1. The first-order valence-corrected chi connectivity index (χ1v) is 7.81. The van der Waals surface area contributed by atoms with Gasteiger partial charge in [0, 0.05) is 23.7 Å². The number of nitrogens with zero attached hydrogens (tertiary/aromatic N) is 2. The van der Waals surface area contributed by atoms with E-state index >= 15 is 0 Å². The quantitative estimate of drug-likeness (QED) is 0.767. The zero-order valence-corrected chi connectivity index (χ0v) is 13.6. The zero-order valence-electron chi connectivity index (χ0n) is 12.8. The van der Waals surface area contributed by atoms with Crippen molar-refractivity contribution in [2.75, 3.05) is 5.73 Å². The number of hydrogen-bond acceptors (Lipinski definition) is 2. The maximum atomic E-state index is 13.4. The van der Waals surface area contributed by atoms with Gasteiger partial charge < -0.3 is 10.3 Å². The molecule has 2 aromatic carbocycles. The molecular weight excluding hydrogens is 325 g/mol. The van der Waals surface area contributed by atoms with Crippen molar-refractivity contribution in [2.45, 2.75) is 13.0 Å². The first kappa shape index (κ1) is 16.1. The van der Waals surface area contributed by atoms with Crippen LogP contribution in [0, 0.1) is 17.1 Å². The number of nitrogen functional groups attached to an aromatic ring is 1. The second kappa shape index (κ2) is 6.77. The van der Waals surface area contributed by atoms with Gasteiger partial charge in [0.2, 0.25) is 0 Å². The van der Waals surface area contributed by atoms with E-state index in [9.17, 15) is 9.65 Å². The molecule has 120 valence electrons. The van der Waals surface area contributed by atoms with Crippen LogP contribution in [-0.4, -0.2) is 4.57 Å². The Morgan fingerprint density at radius 3 is 2.50 bits per heavy atom. The van der Waals surface area contributed by atoms with E-state index in [2.05, 4.69) is 6.07 Å². The number of anilines is 1. The van der Waals surface area contributed by atoms with Gasteiger partial charge in [-0.2, -0.15) is 5.26 Å². The molecule has 0 spiro atoms. The average molecular weight is 340 g/mol. The van der Waals surface area contributed by atoms with Gasteiger partial charge >= 0.3 is 0 Å². The van der Waals surface area contributed by atoms with Crippen molar-refractivity contribution < 1.29 is 4.39 Å². The summed E-state index contributed by atoms with van der Waals surface area (Å²) in [6.45, 7) is 0.390. The second-order valence-corrected chi connectivity index (χ2v) is 6.00. The van der Waals surface area contributed by atoms with Crippen LogP contribution >= 0.6 is 11.6 Å². The van der Waals surface area contributed by atoms with Crippen LogP contribution in [0.1, 0.15) is 22.5 Å². The fourth-order valence-electron chi connectivity index (χ4n) is 2.69. The van der Waals surface area contributed by atoms with Crippen LogP contribution in [0.3, 0.4) is 0 Å². The highest BCUT2D eigenvalue weighted by Gasteiger charge is 2.14. The van der Waals surface area contributed by atoms with Gasteiger partial charge in [-0.05, 0) is 41.5 Å². The van der Waals surface area contributed by atoms with Crippen molar-refractivity contribution in [3.05, 3.63) is 88.0 Å². The third-order valence-electron chi connectivity index (χ3n) is 3.87. The van der Waals surface area contributed by atoms with E-state index in [0.717, 1.165) is 16.8 Å². The molecule has 24 heavy (non-hydrogen) atoms. The smallest absolute Gasteiger partial charge is 0.123 e. The summed E-state index contributed by atoms with van der Waals surface area (Å²) in [4.78, 5) is 0. The van der Waals surface area contributed by atoms with Crippen molar-refractivity contribution >= 4 is 17.3 Å². The Morgan fingerprint density at radius 1 is 1.08 bits per heavy atom. The Bertz CT molecular complexity index is 907. The number of rotatable bonds is 4. The molecule has 2 N–H and O–H groups in total. The number of nitrogens with two attached hydrogens (primary N) is 1. The lowest BCUT2D eigenvalue weighted by Gasteiger charge is -2.12. The Morgan fingerprint density at radius 2 is 1.83 bits per heavy atom. The Labute approximate surface area is 144 Å². The molecule has 1 aromatic heterocycles. The van der Waals surface area contributed by atoms with Gasteiger partial charge in [0.15, 0.2) is 0 Å². The van der Waals surface area contributed by atoms with Crippen LogP contribution in [-0.2, 0) is 13.0 Å². The first-order valence-electron chi connectivity index (χ1n) is 7.43. The van der Waals surface area contributed by atoms with Gasteiger partial charge in [-0.1, -0.05) is 35.9 Å². The van der Waals surface area contributed by atoms with Crippen molar-refractivity contribution in [3.8, 4) is 6.07 Å². The van der Waals surface area contributed by atoms with Crippen LogP contribution < -0.4 is 5.73 Å². The van der Waals surface area contributed by atoms with Gasteiger partial charge in [0.1, 0.15) is 17.6 Å². The molecule has 0 unspecified atom stereocenters. The highest BCUT2D eigenvalue weighted by molar-refractivity contribution is 6.30. The molecule has 0 fully saturated rings. The van der Waals surface area contributed by atoms with Gasteiger partial charge in [-0.15, -0.1) is 0 Å². The van der Waals surface area contributed by atoms with Crippen molar-refractivity contribution in [1.82, 2.24) is 4.57 Å². The summed E-state index contributed by atoms with van der Waals surface area (Å²) in [7, 11) is 0. The molecule has 3 aromatic rings. The fraction of sp³-hybridized carbons (Fsp3) is 0.105. The largest absolute Gasteiger partial charge is 0.397 e. The lowest BCUT2D eigenvalue weighted by Crippen LogP contribution is -2.08. The molecule has 0 aliphatic carbocycles. The lowest BCUT2D eigenvalue weighted by atomic mass is 10.1. The fourth-order valence-corrected chi connectivity index (χ4v) is 2.82. The van der Waals surface area contributed by atoms with Crippen LogP contribution in [0.15, 0.2) is 54.6 Å². The minimum absolute atomic E-state index is 0.301. The summed E-state index contributed by atoms with van der Waals surface area (Å²) < 4.78 is 15.3. The first-order chi connectivity index (χ1) is 11.6. The van der Waals surface area contributed by atoms with E-state index in [1.54, 1.807) is 12.1 Å². The zero-order chi connectivity index (χ0) is 17.1. The average Bonchev–Trinajstić information content (AvgIpc) is 2.85. The normalized spacial score (nSPS) is 10.5. The summed E-state index contributed by atoms with van der Waals surface area (Å²) in [5.41, 5.74) is 9.76. The molecule has 0 amide bonds. The topological polar surface area (TPSA) is 54.7 Å². The van der Waals surface area contributed by atoms with Gasteiger partial charge in [0.05, 0.1) is 5.69 Å². The van der Waals surface area contributed by atoms with Crippen molar-refractivity contribution in [2.24, 2.45) is 0 Å². The molecule has 1 heterocycles. The molecule has 3 nitrogen and oxygen atoms in total. The summed E-state index contributed by atoms with van der Waals surface area (Å²) in [6, 6.07) is 17.6. The molecule has 0 aliphatic heterocycles. The number of nitriles is 1. The predicted octanol–water partition coefficient (Wildman–Crippen LogP) is 4.37. The molecule has 0 bridgehead atoms. The van der Waals surface area contributed by atoms with Crippen LogP contribution in [0.5, 0.6) is 0 Å². The minimum atomic E-state index is -0.301. The van der Waals surface area contributed by atoms with Crippen molar-refractivity contribution in [3.63, 3.8) is 0 Å². The molecule has 0 saturated carbocycles. The Hall–Kier alpha value is -2.77. The summed E-state index contributed by atoms with van der Waals surface area (Å²) >= 11 is 5.92. The van der Waals surface area contributed by atoms with Gasteiger partial charge in [0.25, 0.3) is 0 Å². The van der Waals surface area contributed by atoms with Crippen LogP contribution in [0.2, 0.25) is 5.02 Å². The molecular formula is C19H15ClFN3. The summed E-state index contributed by atoms with van der Waals surface area (Å²) in [6.07, 6.45) is 0.569. The summed E-state index contributed by atoms with van der Waals surface area (Å²) in [5.74, 6) is -0.301. The van der Waals surface area contributed by atoms with Gasteiger partial charge in [-0.25, -0.2) is 4.39 Å². The Kier molecular flexibility index (Phi) is 4.54. The molecule has 3 rings (SSSR count). The predicted molar refractivity (Wildman–Crippen MR) is 93.3 cm³/mol. The maximum absolute atomic E-state index is 13.4. The molecule has 0 aliphatic rings. The maximum Gasteiger partial charge on any atom is 0.123 e. The number of benzene rings is 2. The molecule has 0 saturated heterocycles. The van der Waals surface area contributed by atoms with Gasteiger partial charge in [-0.3, -0.25) is 0 Å².